The molecule has 0 saturated heterocycles. The maximum absolute atomic E-state index is 12.2. The van der Waals surface area contributed by atoms with Gasteiger partial charge in [-0.15, -0.1) is 0 Å². The molecule has 0 aromatic rings. The molecule has 1 atom stereocenters. The number of hydrogen-bond acceptors (Lipinski definition) is 2. The minimum Gasteiger partial charge on any atom is -0.481 e. The van der Waals surface area contributed by atoms with E-state index in [1.165, 1.54) is 38.5 Å². The predicted octanol–water partition coefficient (Wildman–Crippen LogP) is 2.57. The number of carbonyl (C=O) groups excluding carboxylic acids is 1. The average molecular weight is 279 g/mol. The van der Waals surface area contributed by atoms with Gasteiger partial charge in [0.1, 0.15) is 0 Å². The van der Waals surface area contributed by atoms with Gasteiger partial charge in [-0.3, -0.25) is 9.59 Å². The van der Waals surface area contributed by atoms with Gasteiger partial charge in [-0.25, -0.2) is 0 Å². The van der Waals surface area contributed by atoms with E-state index < -0.39 is 5.97 Å². The number of carboxylic acid groups (broad SMARTS) is 1. The third kappa shape index (κ3) is 2.84. The molecule has 0 radical (unpaired) electrons. The number of carboxylic acids is 1. The molecule has 1 unspecified atom stereocenters. The average Bonchev–Trinajstić information content (AvgIpc) is 2.23. The summed E-state index contributed by atoms with van der Waals surface area (Å²) in [6, 6.07) is -0.270. The predicted molar refractivity (Wildman–Crippen MR) is 75.1 cm³/mol. The summed E-state index contributed by atoms with van der Waals surface area (Å²) < 4.78 is 0. The second-order valence-corrected chi connectivity index (χ2v) is 7.66. The zero-order chi connectivity index (χ0) is 14.3. The van der Waals surface area contributed by atoms with Gasteiger partial charge in [0.25, 0.3) is 0 Å². The number of rotatable bonds is 5. The first-order chi connectivity index (χ1) is 9.44. The molecule has 4 nitrogen and oxygen atoms in total. The van der Waals surface area contributed by atoms with E-state index >= 15 is 0 Å². The maximum Gasteiger partial charge on any atom is 0.305 e. The van der Waals surface area contributed by atoms with Crippen molar-refractivity contribution in [1.82, 2.24) is 5.32 Å². The Morgan fingerprint density at radius 3 is 2.10 bits per heavy atom. The Kier molecular flexibility index (Phi) is 3.51. The number of hydrogen-bond donors (Lipinski definition) is 2. The maximum atomic E-state index is 12.2. The standard InChI is InChI=1S/C16H25NO3/c1-10(2-15(19)20)17-14(18)9-16-6-11-3-12(7-16)5-13(4-11)8-16/h10-13H,2-9H2,1H3,(H,17,18)(H,19,20). The third-order valence-corrected chi connectivity index (χ3v) is 5.59. The Hall–Kier alpha value is -1.06. The number of aliphatic carboxylic acids is 1. The lowest BCUT2D eigenvalue weighted by atomic mass is 9.49. The topological polar surface area (TPSA) is 66.4 Å². The molecule has 4 rings (SSSR count). The molecule has 0 aromatic carbocycles. The first-order valence-electron chi connectivity index (χ1n) is 7.95. The highest BCUT2D eigenvalue weighted by Gasteiger charge is 2.51. The summed E-state index contributed by atoms with van der Waals surface area (Å²) in [6.07, 6.45) is 8.44. The van der Waals surface area contributed by atoms with E-state index in [2.05, 4.69) is 5.32 Å². The van der Waals surface area contributed by atoms with Crippen molar-refractivity contribution in [2.24, 2.45) is 23.2 Å². The van der Waals surface area contributed by atoms with Crippen molar-refractivity contribution in [2.45, 2.75) is 64.3 Å². The highest BCUT2D eigenvalue weighted by Crippen LogP contribution is 2.61. The van der Waals surface area contributed by atoms with Crippen LogP contribution in [0.2, 0.25) is 0 Å². The molecule has 4 aliphatic rings. The summed E-state index contributed by atoms with van der Waals surface area (Å²) >= 11 is 0. The van der Waals surface area contributed by atoms with Gasteiger partial charge in [0.05, 0.1) is 6.42 Å². The van der Waals surface area contributed by atoms with E-state index in [0.29, 0.717) is 6.42 Å². The fourth-order valence-corrected chi connectivity index (χ4v) is 5.49. The molecule has 4 fully saturated rings. The first kappa shape index (κ1) is 13.9. The lowest BCUT2D eigenvalue weighted by molar-refractivity contribution is -0.137. The Morgan fingerprint density at radius 2 is 1.65 bits per heavy atom. The van der Waals surface area contributed by atoms with E-state index in [-0.39, 0.29) is 23.8 Å². The molecule has 4 bridgehead atoms. The van der Waals surface area contributed by atoms with Crippen LogP contribution < -0.4 is 5.32 Å². The van der Waals surface area contributed by atoms with Crippen LogP contribution in [0.3, 0.4) is 0 Å². The van der Waals surface area contributed by atoms with E-state index in [9.17, 15) is 9.59 Å². The number of amides is 1. The Labute approximate surface area is 120 Å². The number of carbonyl (C=O) groups is 2. The van der Waals surface area contributed by atoms with E-state index in [0.717, 1.165) is 17.8 Å². The minimum absolute atomic E-state index is 0.00656. The van der Waals surface area contributed by atoms with Gasteiger partial charge < -0.3 is 10.4 Å². The van der Waals surface area contributed by atoms with E-state index in [4.69, 9.17) is 5.11 Å². The SMILES string of the molecule is CC(CC(=O)O)NC(=O)CC12CC3CC(CC(C3)C1)C2. The summed E-state index contributed by atoms with van der Waals surface area (Å²) in [4.78, 5) is 22.9. The molecule has 112 valence electrons. The van der Waals surface area contributed by atoms with Crippen molar-refractivity contribution < 1.29 is 14.7 Å². The van der Waals surface area contributed by atoms with Crippen LogP contribution >= 0.6 is 0 Å². The Bertz CT molecular complexity index is 383. The largest absolute Gasteiger partial charge is 0.481 e. The molecular formula is C16H25NO3. The fraction of sp³-hybridized carbons (Fsp3) is 0.875. The summed E-state index contributed by atoms with van der Waals surface area (Å²) in [5.74, 6) is 1.76. The van der Waals surface area contributed by atoms with Crippen LogP contribution in [-0.2, 0) is 9.59 Å². The second kappa shape index (κ2) is 5.05. The van der Waals surface area contributed by atoms with Crippen molar-refractivity contribution >= 4 is 11.9 Å². The zero-order valence-corrected chi connectivity index (χ0v) is 12.2. The van der Waals surface area contributed by atoms with Crippen LogP contribution in [0.25, 0.3) is 0 Å². The first-order valence-corrected chi connectivity index (χ1v) is 7.95. The normalized spacial score (nSPS) is 39.5. The van der Waals surface area contributed by atoms with Gasteiger partial charge >= 0.3 is 5.97 Å². The van der Waals surface area contributed by atoms with Crippen LogP contribution in [0.4, 0.5) is 0 Å². The van der Waals surface area contributed by atoms with Crippen molar-refractivity contribution in [1.29, 1.82) is 0 Å². The molecule has 0 spiro atoms. The monoisotopic (exact) mass is 279 g/mol. The minimum atomic E-state index is -0.854. The molecule has 0 aliphatic heterocycles. The van der Waals surface area contributed by atoms with Crippen LogP contribution in [0.1, 0.15) is 58.3 Å². The van der Waals surface area contributed by atoms with Crippen LogP contribution in [0, 0.1) is 23.2 Å². The third-order valence-electron chi connectivity index (χ3n) is 5.59. The smallest absolute Gasteiger partial charge is 0.305 e. The second-order valence-electron chi connectivity index (χ2n) is 7.66. The van der Waals surface area contributed by atoms with Crippen LogP contribution in [0.5, 0.6) is 0 Å². The summed E-state index contributed by atoms with van der Waals surface area (Å²) in [6.45, 7) is 1.77. The number of nitrogens with one attached hydrogen (secondary N) is 1. The van der Waals surface area contributed by atoms with E-state index in [1.54, 1.807) is 6.92 Å². The molecule has 0 aromatic heterocycles. The zero-order valence-electron chi connectivity index (χ0n) is 12.2. The highest BCUT2D eigenvalue weighted by atomic mass is 16.4. The van der Waals surface area contributed by atoms with Gasteiger partial charge in [0.15, 0.2) is 0 Å². The molecule has 1 amide bonds. The summed E-state index contributed by atoms with van der Waals surface area (Å²) in [5, 5.41) is 11.6. The van der Waals surface area contributed by atoms with Gasteiger partial charge in [0.2, 0.25) is 5.91 Å². The van der Waals surface area contributed by atoms with Gasteiger partial charge in [-0.2, -0.15) is 0 Å². The lowest BCUT2D eigenvalue weighted by Gasteiger charge is -2.56. The van der Waals surface area contributed by atoms with Crippen LogP contribution in [-0.4, -0.2) is 23.0 Å². The summed E-state index contributed by atoms with van der Waals surface area (Å²) in [7, 11) is 0. The van der Waals surface area contributed by atoms with Crippen LogP contribution in [0.15, 0.2) is 0 Å². The lowest BCUT2D eigenvalue weighted by Crippen LogP contribution is -2.48. The van der Waals surface area contributed by atoms with Gasteiger partial charge in [-0.1, -0.05) is 0 Å². The van der Waals surface area contributed by atoms with E-state index in [1.807, 2.05) is 0 Å². The molecule has 0 heterocycles. The Morgan fingerprint density at radius 1 is 1.15 bits per heavy atom. The molecule has 4 heteroatoms. The summed E-state index contributed by atoms with van der Waals surface area (Å²) in [5.41, 5.74) is 0.238. The Balaban J connectivity index is 1.57. The fourth-order valence-electron chi connectivity index (χ4n) is 5.49. The molecule has 2 N–H and O–H groups in total. The van der Waals surface area contributed by atoms with Crippen molar-refractivity contribution in [2.75, 3.05) is 0 Å². The van der Waals surface area contributed by atoms with Gasteiger partial charge in [0, 0.05) is 12.5 Å². The van der Waals surface area contributed by atoms with Gasteiger partial charge in [-0.05, 0) is 68.6 Å². The molecule has 20 heavy (non-hydrogen) atoms. The molecule has 4 saturated carbocycles. The van der Waals surface area contributed by atoms with Crippen molar-refractivity contribution in [3.63, 3.8) is 0 Å². The molecule has 4 aliphatic carbocycles. The van der Waals surface area contributed by atoms with Crippen molar-refractivity contribution in [3.05, 3.63) is 0 Å². The highest BCUT2D eigenvalue weighted by molar-refractivity contribution is 5.78. The molecular weight excluding hydrogens is 254 g/mol. The quantitative estimate of drug-likeness (QED) is 0.813. The van der Waals surface area contributed by atoms with Crippen molar-refractivity contribution in [3.8, 4) is 0 Å².